The van der Waals surface area contributed by atoms with Gasteiger partial charge in [-0.3, -0.25) is 9.59 Å². The summed E-state index contributed by atoms with van der Waals surface area (Å²) in [6, 6.07) is 14.0. The molecule has 1 aliphatic carbocycles. The zero-order valence-electron chi connectivity index (χ0n) is 18.7. The van der Waals surface area contributed by atoms with E-state index in [1.165, 1.54) is 42.5 Å². The molecule has 0 N–H and O–H groups in total. The third-order valence-electron chi connectivity index (χ3n) is 6.36. The van der Waals surface area contributed by atoms with Crippen LogP contribution in [0.4, 0.5) is 0 Å². The Balaban J connectivity index is 1.57. The molecule has 31 heavy (non-hydrogen) atoms. The summed E-state index contributed by atoms with van der Waals surface area (Å²) in [6.07, 6.45) is 7.37. The average molecular weight is 431 g/mol. The van der Waals surface area contributed by atoms with Gasteiger partial charge in [-0.1, -0.05) is 69.4 Å². The van der Waals surface area contributed by atoms with Crippen LogP contribution in [0.25, 0.3) is 21.6 Å². The second kappa shape index (κ2) is 9.32. The number of thiophene rings is 1. The molecule has 0 spiro atoms. The summed E-state index contributed by atoms with van der Waals surface area (Å²) in [7, 11) is 0. The van der Waals surface area contributed by atoms with Crippen molar-refractivity contribution in [1.29, 1.82) is 0 Å². The van der Waals surface area contributed by atoms with Gasteiger partial charge in [-0.2, -0.15) is 0 Å². The Bertz CT molecular complexity index is 1120. The first-order valence-corrected chi connectivity index (χ1v) is 12.3. The van der Waals surface area contributed by atoms with Crippen molar-refractivity contribution in [2.45, 2.75) is 59.3 Å². The first-order chi connectivity index (χ1) is 15.0. The second-order valence-electron chi connectivity index (χ2n) is 8.88. The van der Waals surface area contributed by atoms with Gasteiger partial charge in [0.2, 0.25) is 11.6 Å². The normalized spacial score (nSPS) is 13.8. The van der Waals surface area contributed by atoms with Gasteiger partial charge in [0.15, 0.2) is 0 Å². The van der Waals surface area contributed by atoms with E-state index in [-0.39, 0.29) is 0 Å². The zero-order valence-corrected chi connectivity index (χ0v) is 19.5. The number of ketones is 2. The molecule has 2 aromatic carbocycles. The number of Topliss-reactive ketones (excluding diaryl/α,β-unsaturated/α-hetero) is 2. The molecule has 0 saturated heterocycles. The van der Waals surface area contributed by atoms with Crippen molar-refractivity contribution in [3.05, 3.63) is 70.1 Å². The highest BCUT2D eigenvalue weighted by molar-refractivity contribution is 7.13. The Kier molecular flexibility index (Phi) is 6.52. The molecule has 1 heterocycles. The number of rotatable bonds is 8. The van der Waals surface area contributed by atoms with Crippen molar-refractivity contribution >= 4 is 22.9 Å². The molecule has 3 aromatic rings. The second-order valence-corrected chi connectivity index (χ2v) is 9.80. The molecule has 0 saturated carbocycles. The number of unbranched alkanes of at least 4 members (excludes halogenated alkanes) is 1. The number of benzene rings is 2. The first-order valence-electron chi connectivity index (χ1n) is 11.4. The highest BCUT2D eigenvalue weighted by Gasteiger charge is 2.30. The lowest BCUT2D eigenvalue weighted by Gasteiger charge is -2.19. The van der Waals surface area contributed by atoms with Gasteiger partial charge in [0.1, 0.15) is 0 Å². The van der Waals surface area contributed by atoms with E-state index in [1.54, 1.807) is 11.3 Å². The summed E-state index contributed by atoms with van der Waals surface area (Å²) in [5.74, 6) is 0.0247. The summed E-state index contributed by atoms with van der Waals surface area (Å²) >= 11 is 1.72. The van der Waals surface area contributed by atoms with Crippen LogP contribution >= 0.6 is 11.3 Å². The highest BCUT2D eigenvalue weighted by Crippen LogP contribution is 2.38. The number of carbonyl (C=O) groups excluding carboxylic acids is 2. The maximum Gasteiger partial charge on any atom is 0.234 e. The van der Waals surface area contributed by atoms with E-state index in [0.717, 1.165) is 34.6 Å². The molecular formula is C28H30O2S. The van der Waals surface area contributed by atoms with E-state index in [9.17, 15) is 9.59 Å². The molecule has 1 atom stereocenters. The number of carbonyl (C=O) groups is 2. The molecule has 0 radical (unpaired) electrons. The van der Waals surface area contributed by atoms with Crippen molar-refractivity contribution in [2.75, 3.05) is 0 Å². The van der Waals surface area contributed by atoms with Crippen LogP contribution in [0.2, 0.25) is 0 Å². The maximum absolute atomic E-state index is 12.9. The fourth-order valence-corrected chi connectivity index (χ4v) is 5.62. The molecule has 0 amide bonds. The SMILES string of the molecule is CCCC(C)CCCCc1ccsc1-c1ccc2c(c1)C(=O)C(=O)c1cc(C)ccc1-2. The van der Waals surface area contributed by atoms with Gasteiger partial charge in [-0.15, -0.1) is 11.3 Å². The molecule has 3 heteroatoms. The lowest BCUT2D eigenvalue weighted by molar-refractivity contribution is 0.0815. The Morgan fingerprint density at radius 1 is 0.839 bits per heavy atom. The maximum atomic E-state index is 12.9. The van der Waals surface area contributed by atoms with E-state index >= 15 is 0 Å². The van der Waals surface area contributed by atoms with Gasteiger partial charge < -0.3 is 0 Å². The lowest BCUT2D eigenvalue weighted by atomic mass is 9.82. The van der Waals surface area contributed by atoms with Gasteiger partial charge in [0.25, 0.3) is 0 Å². The van der Waals surface area contributed by atoms with Crippen LogP contribution < -0.4 is 0 Å². The average Bonchev–Trinajstić information content (AvgIpc) is 3.23. The minimum atomic E-state index is -0.393. The molecule has 0 fully saturated rings. The van der Waals surface area contributed by atoms with E-state index in [4.69, 9.17) is 0 Å². The summed E-state index contributed by atoms with van der Waals surface area (Å²) in [5, 5.41) is 2.13. The van der Waals surface area contributed by atoms with Gasteiger partial charge in [-0.25, -0.2) is 0 Å². The molecule has 1 aliphatic rings. The van der Waals surface area contributed by atoms with Crippen LogP contribution in [0.3, 0.4) is 0 Å². The fraction of sp³-hybridized carbons (Fsp3) is 0.357. The van der Waals surface area contributed by atoms with Crippen LogP contribution in [0.5, 0.6) is 0 Å². The minimum absolute atomic E-state index is 0.391. The predicted molar refractivity (Wildman–Crippen MR) is 130 cm³/mol. The molecule has 4 rings (SSSR count). The fourth-order valence-electron chi connectivity index (χ4n) is 4.66. The molecule has 1 aromatic heterocycles. The lowest BCUT2D eigenvalue weighted by Crippen LogP contribution is -2.21. The molecule has 1 unspecified atom stereocenters. The van der Waals surface area contributed by atoms with Crippen molar-refractivity contribution in [1.82, 2.24) is 0 Å². The van der Waals surface area contributed by atoms with E-state index in [0.29, 0.717) is 11.1 Å². The van der Waals surface area contributed by atoms with Gasteiger partial charge in [0, 0.05) is 16.0 Å². The summed E-state index contributed by atoms with van der Waals surface area (Å²) in [4.78, 5) is 26.8. The molecule has 0 aliphatic heterocycles. The molecule has 0 bridgehead atoms. The van der Waals surface area contributed by atoms with Crippen LogP contribution in [0, 0.1) is 12.8 Å². The van der Waals surface area contributed by atoms with Crippen LogP contribution in [0.1, 0.15) is 77.8 Å². The first kappa shape index (κ1) is 21.7. The Labute approximate surface area is 189 Å². The highest BCUT2D eigenvalue weighted by atomic mass is 32.1. The van der Waals surface area contributed by atoms with Crippen molar-refractivity contribution in [3.63, 3.8) is 0 Å². The summed E-state index contributed by atoms with van der Waals surface area (Å²) in [6.45, 7) is 6.55. The van der Waals surface area contributed by atoms with E-state index in [2.05, 4.69) is 31.4 Å². The monoisotopic (exact) mass is 430 g/mol. The Morgan fingerprint density at radius 3 is 2.29 bits per heavy atom. The predicted octanol–water partition coefficient (Wildman–Crippen LogP) is 7.92. The van der Waals surface area contributed by atoms with E-state index in [1.807, 2.05) is 37.3 Å². The summed E-state index contributed by atoms with van der Waals surface area (Å²) < 4.78 is 0. The van der Waals surface area contributed by atoms with Crippen molar-refractivity contribution < 1.29 is 9.59 Å². The van der Waals surface area contributed by atoms with Crippen molar-refractivity contribution in [3.8, 4) is 21.6 Å². The summed E-state index contributed by atoms with van der Waals surface area (Å²) in [5.41, 5.74) is 6.17. The third-order valence-corrected chi connectivity index (χ3v) is 7.37. The molecular weight excluding hydrogens is 400 g/mol. The van der Waals surface area contributed by atoms with Crippen LogP contribution in [-0.4, -0.2) is 11.6 Å². The van der Waals surface area contributed by atoms with E-state index < -0.39 is 11.6 Å². The topological polar surface area (TPSA) is 34.1 Å². The van der Waals surface area contributed by atoms with Crippen LogP contribution in [0.15, 0.2) is 47.8 Å². The van der Waals surface area contributed by atoms with Crippen molar-refractivity contribution in [2.24, 2.45) is 5.92 Å². The zero-order chi connectivity index (χ0) is 22.0. The third kappa shape index (κ3) is 4.43. The number of aryl methyl sites for hydroxylation is 2. The Morgan fingerprint density at radius 2 is 1.55 bits per heavy atom. The van der Waals surface area contributed by atoms with Gasteiger partial charge >= 0.3 is 0 Å². The number of fused-ring (bicyclic) bond motifs is 3. The Hall–Kier alpha value is -2.52. The van der Waals surface area contributed by atoms with Crippen LogP contribution in [-0.2, 0) is 6.42 Å². The standard InChI is InChI=1S/C28H30O2S/c1-4-7-18(2)8-5-6-9-20-14-15-31-28(20)21-11-13-23-22-12-10-19(3)16-24(22)26(29)27(30)25(23)17-21/h10-18H,4-9H2,1-3H3. The quantitative estimate of drug-likeness (QED) is 0.269. The van der Waals surface area contributed by atoms with Gasteiger partial charge in [0.05, 0.1) is 0 Å². The molecule has 2 nitrogen and oxygen atoms in total. The number of hydrogen-bond donors (Lipinski definition) is 0. The number of hydrogen-bond acceptors (Lipinski definition) is 3. The smallest absolute Gasteiger partial charge is 0.234 e. The van der Waals surface area contributed by atoms with Gasteiger partial charge in [-0.05, 0) is 71.5 Å². The molecule has 160 valence electrons. The largest absolute Gasteiger partial charge is 0.285 e. The minimum Gasteiger partial charge on any atom is -0.285 e.